The monoisotopic (exact) mass is 290 g/mol. The predicted octanol–water partition coefficient (Wildman–Crippen LogP) is 1.96. The lowest BCUT2D eigenvalue weighted by Gasteiger charge is -2.54. The topological polar surface area (TPSA) is 49.4 Å². The summed E-state index contributed by atoms with van der Waals surface area (Å²) in [4.78, 5) is 26.0. The van der Waals surface area contributed by atoms with Crippen LogP contribution in [0.3, 0.4) is 0 Å². The van der Waals surface area contributed by atoms with Crippen molar-refractivity contribution in [2.45, 2.75) is 45.1 Å². The van der Waals surface area contributed by atoms with Gasteiger partial charge < -0.3 is 10.2 Å². The van der Waals surface area contributed by atoms with Crippen molar-refractivity contribution in [1.82, 2.24) is 10.2 Å². The summed E-state index contributed by atoms with van der Waals surface area (Å²) >= 11 is 0. The van der Waals surface area contributed by atoms with Gasteiger partial charge in [0, 0.05) is 26.3 Å². The number of Topliss-reactive ketones (excluding diaryl/α,β-unsaturated/α-hetero) is 1. The molecule has 1 amide bonds. The lowest BCUT2D eigenvalue weighted by atomic mass is 9.54. The molecule has 0 aromatic carbocycles. The molecule has 0 aromatic heterocycles. The van der Waals surface area contributed by atoms with Crippen molar-refractivity contribution >= 4 is 11.7 Å². The smallest absolute Gasteiger partial charge is 0.256 e. The minimum absolute atomic E-state index is 0.162. The van der Waals surface area contributed by atoms with Crippen LogP contribution < -0.4 is 5.32 Å². The van der Waals surface area contributed by atoms with Crippen LogP contribution in [-0.2, 0) is 9.59 Å². The summed E-state index contributed by atoms with van der Waals surface area (Å²) in [7, 11) is 3.66. The van der Waals surface area contributed by atoms with Crippen LogP contribution in [0, 0.1) is 23.7 Å². The second kappa shape index (κ2) is 5.47. The minimum Gasteiger partial charge on any atom is -0.383 e. The number of hydrogen-bond acceptors (Lipinski definition) is 3. The van der Waals surface area contributed by atoms with Gasteiger partial charge in [0.2, 0.25) is 0 Å². The van der Waals surface area contributed by atoms with Crippen molar-refractivity contribution < 1.29 is 9.59 Å². The van der Waals surface area contributed by atoms with E-state index < -0.39 is 0 Å². The largest absolute Gasteiger partial charge is 0.383 e. The molecule has 1 N–H and O–H groups in total. The average Bonchev–Trinajstić information content (AvgIpc) is 2.38. The van der Waals surface area contributed by atoms with Crippen LogP contribution in [0.15, 0.2) is 11.8 Å². The first-order valence-corrected chi connectivity index (χ1v) is 8.14. The second-order valence-corrected chi connectivity index (χ2v) is 7.49. The molecular formula is C17H26N2O2. The van der Waals surface area contributed by atoms with Gasteiger partial charge in [0.1, 0.15) is 0 Å². The fourth-order valence-electron chi connectivity index (χ4n) is 4.96. The molecule has 0 unspecified atom stereocenters. The summed E-state index contributed by atoms with van der Waals surface area (Å²) in [6.07, 6.45) is 8.12. The fourth-order valence-corrected chi connectivity index (χ4v) is 4.96. The molecule has 0 spiro atoms. The molecule has 4 aliphatic carbocycles. The molecule has 4 heteroatoms. The molecule has 4 rings (SSSR count). The summed E-state index contributed by atoms with van der Waals surface area (Å²) in [6.45, 7) is 1.46. The van der Waals surface area contributed by atoms with Crippen LogP contribution in [0.25, 0.3) is 0 Å². The third-order valence-electron chi connectivity index (χ3n) is 5.54. The Hall–Kier alpha value is -1.32. The van der Waals surface area contributed by atoms with Gasteiger partial charge in [-0.15, -0.1) is 0 Å². The first-order chi connectivity index (χ1) is 9.94. The van der Waals surface area contributed by atoms with E-state index in [-0.39, 0.29) is 23.3 Å². The molecule has 4 bridgehead atoms. The molecule has 0 saturated heterocycles. The molecule has 0 aliphatic heterocycles. The molecule has 4 saturated carbocycles. The van der Waals surface area contributed by atoms with Gasteiger partial charge in [-0.05, 0) is 62.7 Å². The summed E-state index contributed by atoms with van der Waals surface area (Å²) in [6, 6.07) is 0.287. The summed E-state index contributed by atoms with van der Waals surface area (Å²) in [5, 5.41) is 3.19. The number of rotatable bonds is 4. The highest BCUT2D eigenvalue weighted by atomic mass is 16.2. The van der Waals surface area contributed by atoms with E-state index in [1.807, 2.05) is 14.1 Å². The lowest BCUT2D eigenvalue weighted by Crippen LogP contribution is -2.56. The lowest BCUT2D eigenvalue weighted by molar-refractivity contribution is -0.124. The molecule has 116 valence electrons. The Balaban J connectivity index is 1.71. The van der Waals surface area contributed by atoms with Gasteiger partial charge in [-0.25, -0.2) is 0 Å². The van der Waals surface area contributed by atoms with E-state index in [0.29, 0.717) is 11.8 Å². The first kappa shape index (κ1) is 14.6. The standard InChI is InChI=1S/C17H26N2O2/c1-10(20)15(9-19(2)3)17(21)18-16-13-5-11-4-12(7-13)8-14(16)6-11/h9,11-14,16H,4-8H2,1-3H3,(H,18,21)/b15-9+. The van der Waals surface area contributed by atoms with E-state index in [1.165, 1.54) is 39.0 Å². The van der Waals surface area contributed by atoms with E-state index in [9.17, 15) is 9.59 Å². The van der Waals surface area contributed by atoms with E-state index in [4.69, 9.17) is 0 Å². The van der Waals surface area contributed by atoms with Gasteiger partial charge in [-0.2, -0.15) is 0 Å². The number of carbonyl (C=O) groups excluding carboxylic acids is 2. The molecule has 0 radical (unpaired) electrons. The Bertz CT molecular complexity index is 453. The summed E-state index contributed by atoms with van der Waals surface area (Å²) in [5.74, 6) is 2.71. The zero-order valence-corrected chi connectivity index (χ0v) is 13.3. The maximum absolute atomic E-state index is 12.5. The Kier molecular flexibility index (Phi) is 3.80. The van der Waals surface area contributed by atoms with Crippen LogP contribution in [-0.4, -0.2) is 36.7 Å². The van der Waals surface area contributed by atoms with Crippen LogP contribution in [0.2, 0.25) is 0 Å². The number of nitrogens with one attached hydrogen (secondary N) is 1. The van der Waals surface area contributed by atoms with Gasteiger partial charge >= 0.3 is 0 Å². The van der Waals surface area contributed by atoms with Crippen LogP contribution in [0.5, 0.6) is 0 Å². The molecule has 4 fully saturated rings. The quantitative estimate of drug-likeness (QED) is 0.489. The second-order valence-electron chi connectivity index (χ2n) is 7.49. The van der Waals surface area contributed by atoms with Crippen LogP contribution in [0.1, 0.15) is 39.0 Å². The molecule has 0 atom stereocenters. The Morgan fingerprint density at radius 3 is 1.95 bits per heavy atom. The average molecular weight is 290 g/mol. The zero-order valence-electron chi connectivity index (χ0n) is 13.3. The van der Waals surface area contributed by atoms with Crippen molar-refractivity contribution in [2.24, 2.45) is 23.7 Å². The Labute approximate surface area is 127 Å². The van der Waals surface area contributed by atoms with Gasteiger partial charge in [0.25, 0.3) is 5.91 Å². The maximum Gasteiger partial charge on any atom is 0.256 e. The summed E-state index contributed by atoms with van der Waals surface area (Å²) < 4.78 is 0. The van der Waals surface area contributed by atoms with E-state index in [1.54, 1.807) is 11.1 Å². The van der Waals surface area contributed by atoms with Crippen molar-refractivity contribution in [3.05, 3.63) is 11.8 Å². The highest BCUT2D eigenvalue weighted by molar-refractivity contribution is 6.18. The zero-order chi connectivity index (χ0) is 15.1. The van der Waals surface area contributed by atoms with Crippen molar-refractivity contribution in [2.75, 3.05) is 14.1 Å². The normalized spacial score (nSPS) is 37.5. The van der Waals surface area contributed by atoms with Crippen molar-refractivity contribution in [3.63, 3.8) is 0 Å². The number of amides is 1. The Morgan fingerprint density at radius 2 is 1.52 bits per heavy atom. The number of ketones is 1. The third-order valence-corrected chi connectivity index (χ3v) is 5.54. The molecule has 4 nitrogen and oxygen atoms in total. The van der Waals surface area contributed by atoms with Gasteiger partial charge in [-0.1, -0.05) is 0 Å². The van der Waals surface area contributed by atoms with E-state index in [2.05, 4.69) is 5.32 Å². The highest BCUT2D eigenvalue weighted by Crippen LogP contribution is 2.53. The highest BCUT2D eigenvalue weighted by Gasteiger charge is 2.48. The first-order valence-electron chi connectivity index (χ1n) is 8.14. The van der Waals surface area contributed by atoms with E-state index >= 15 is 0 Å². The molecular weight excluding hydrogens is 264 g/mol. The maximum atomic E-state index is 12.5. The van der Waals surface area contributed by atoms with Crippen molar-refractivity contribution in [1.29, 1.82) is 0 Å². The summed E-state index contributed by atoms with van der Waals surface area (Å²) in [5.41, 5.74) is 0.272. The number of nitrogens with zero attached hydrogens (tertiary/aromatic N) is 1. The van der Waals surface area contributed by atoms with Crippen LogP contribution in [0.4, 0.5) is 0 Å². The number of hydrogen-bond donors (Lipinski definition) is 1. The van der Waals surface area contributed by atoms with Gasteiger partial charge in [-0.3, -0.25) is 9.59 Å². The minimum atomic E-state index is -0.186. The molecule has 0 heterocycles. The van der Waals surface area contributed by atoms with Gasteiger partial charge in [0.05, 0.1) is 5.57 Å². The molecule has 21 heavy (non-hydrogen) atoms. The third kappa shape index (κ3) is 2.85. The Morgan fingerprint density at radius 1 is 1.00 bits per heavy atom. The molecule has 0 aromatic rings. The van der Waals surface area contributed by atoms with Crippen molar-refractivity contribution in [3.8, 4) is 0 Å². The van der Waals surface area contributed by atoms with E-state index in [0.717, 1.165) is 11.8 Å². The predicted molar refractivity (Wildman–Crippen MR) is 81.4 cm³/mol. The van der Waals surface area contributed by atoms with Gasteiger partial charge in [0.15, 0.2) is 5.78 Å². The molecule has 4 aliphatic rings. The number of carbonyl (C=O) groups is 2. The van der Waals surface area contributed by atoms with Crippen LogP contribution >= 0.6 is 0 Å². The SMILES string of the molecule is CC(=O)/C(=C\N(C)C)C(=O)NC1C2CC3CC(C2)CC1C3. The fraction of sp³-hybridized carbons (Fsp3) is 0.765.